The van der Waals surface area contributed by atoms with Crippen molar-refractivity contribution < 1.29 is 9.84 Å². The molecule has 4 heteroatoms. The maximum Gasteiger partial charge on any atom is 0.190 e. The number of benzene rings is 2. The molecule has 0 radical (unpaired) electrons. The first-order valence-electron chi connectivity index (χ1n) is 8.46. The predicted molar refractivity (Wildman–Crippen MR) is 101 cm³/mol. The van der Waals surface area contributed by atoms with Crippen molar-refractivity contribution in [2.75, 3.05) is 11.4 Å². The summed E-state index contributed by atoms with van der Waals surface area (Å²) >= 11 is 0. The third-order valence-electron chi connectivity index (χ3n) is 4.52. The number of aliphatic hydroxyl groups excluding tert-OH is 1. The molecule has 1 atom stereocenters. The third-order valence-corrected chi connectivity index (χ3v) is 4.52. The van der Waals surface area contributed by atoms with Crippen molar-refractivity contribution in [3.63, 3.8) is 0 Å². The summed E-state index contributed by atoms with van der Waals surface area (Å²) in [4.78, 5) is 5.78. The fourth-order valence-corrected chi connectivity index (χ4v) is 3.34. The van der Waals surface area contributed by atoms with Crippen molar-refractivity contribution >= 4 is 11.4 Å². The van der Waals surface area contributed by atoms with E-state index in [-0.39, 0.29) is 11.8 Å². The van der Waals surface area contributed by atoms with Gasteiger partial charge in [0, 0.05) is 30.8 Å². The quantitative estimate of drug-likeness (QED) is 0.557. The van der Waals surface area contributed by atoms with Crippen LogP contribution in [0.2, 0.25) is 0 Å². The van der Waals surface area contributed by atoms with Gasteiger partial charge in [0.25, 0.3) is 0 Å². The molecule has 0 aliphatic carbocycles. The fourth-order valence-electron chi connectivity index (χ4n) is 3.34. The van der Waals surface area contributed by atoms with Gasteiger partial charge in [0.05, 0.1) is 12.3 Å². The van der Waals surface area contributed by atoms with E-state index in [1.807, 2.05) is 37.3 Å². The highest BCUT2D eigenvalue weighted by atomic mass is 16.5. The first-order valence-corrected chi connectivity index (χ1v) is 8.46. The second-order valence-electron chi connectivity index (χ2n) is 6.42. The second-order valence-corrected chi connectivity index (χ2v) is 6.42. The summed E-state index contributed by atoms with van der Waals surface area (Å²) in [6.45, 7) is 13.6. The van der Waals surface area contributed by atoms with Crippen molar-refractivity contribution in [3.8, 4) is 11.5 Å². The number of hydrogen-bond acceptors (Lipinski definition) is 3. The standard InChI is InChI=1S/C21H22N2O2/c1-15-12-20(9-10-21(15)22-3)25-19-8-4-6-18(14-19)23-11-5-7-17(23)13-16(2)24/h4,6,8-10,12,14,17,24H,2,5,7,11,13H2,1H3. The summed E-state index contributed by atoms with van der Waals surface area (Å²) in [5.74, 6) is 1.73. The van der Waals surface area contributed by atoms with E-state index in [1.165, 1.54) is 0 Å². The monoisotopic (exact) mass is 334 g/mol. The van der Waals surface area contributed by atoms with E-state index in [4.69, 9.17) is 11.3 Å². The molecule has 0 amide bonds. The molecule has 0 saturated carbocycles. The molecule has 1 fully saturated rings. The lowest BCUT2D eigenvalue weighted by molar-refractivity contribution is 0.376. The molecule has 0 spiro atoms. The van der Waals surface area contributed by atoms with E-state index in [2.05, 4.69) is 22.4 Å². The van der Waals surface area contributed by atoms with Gasteiger partial charge in [-0.25, -0.2) is 4.85 Å². The molecule has 1 N–H and O–H groups in total. The first kappa shape index (κ1) is 16.9. The number of aryl methyl sites for hydroxylation is 1. The van der Waals surface area contributed by atoms with Gasteiger partial charge >= 0.3 is 0 Å². The van der Waals surface area contributed by atoms with E-state index in [0.29, 0.717) is 12.1 Å². The van der Waals surface area contributed by atoms with E-state index >= 15 is 0 Å². The lowest BCUT2D eigenvalue weighted by Crippen LogP contribution is -2.29. The van der Waals surface area contributed by atoms with Crippen LogP contribution in [0.5, 0.6) is 11.5 Å². The van der Waals surface area contributed by atoms with Gasteiger partial charge in [-0.15, -0.1) is 0 Å². The number of aliphatic hydroxyl groups is 1. The number of rotatable bonds is 5. The van der Waals surface area contributed by atoms with Crippen LogP contribution in [-0.2, 0) is 0 Å². The predicted octanol–water partition coefficient (Wildman–Crippen LogP) is 5.77. The molecule has 2 aromatic carbocycles. The fraction of sp³-hybridized carbons (Fsp3) is 0.286. The molecule has 1 aliphatic rings. The van der Waals surface area contributed by atoms with E-state index in [0.717, 1.165) is 42.1 Å². The maximum absolute atomic E-state index is 9.53. The Morgan fingerprint density at radius 2 is 2.12 bits per heavy atom. The van der Waals surface area contributed by atoms with Crippen LogP contribution in [0.3, 0.4) is 0 Å². The zero-order valence-corrected chi connectivity index (χ0v) is 14.4. The Morgan fingerprint density at radius 3 is 2.84 bits per heavy atom. The average molecular weight is 334 g/mol. The highest BCUT2D eigenvalue weighted by Gasteiger charge is 2.25. The SMILES string of the molecule is [C-]#[N+]c1ccc(Oc2cccc(N3CCCC3CC(=C)O)c2)cc1C. The first-order chi connectivity index (χ1) is 12.1. The van der Waals surface area contributed by atoms with Crippen LogP contribution in [0, 0.1) is 13.5 Å². The Balaban J connectivity index is 1.79. The number of anilines is 1. The van der Waals surface area contributed by atoms with Crippen molar-refractivity contribution in [1.29, 1.82) is 0 Å². The van der Waals surface area contributed by atoms with Crippen LogP contribution in [0.1, 0.15) is 24.8 Å². The van der Waals surface area contributed by atoms with Crippen molar-refractivity contribution in [1.82, 2.24) is 0 Å². The average Bonchev–Trinajstić information content (AvgIpc) is 3.03. The van der Waals surface area contributed by atoms with Crippen molar-refractivity contribution in [3.05, 3.63) is 71.8 Å². The van der Waals surface area contributed by atoms with Crippen LogP contribution >= 0.6 is 0 Å². The van der Waals surface area contributed by atoms with Crippen LogP contribution in [0.25, 0.3) is 4.85 Å². The molecular formula is C21H22N2O2. The maximum atomic E-state index is 9.53. The van der Waals surface area contributed by atoms with Gasteiger partial charge in [0.15, 0.2) is 5.69 Å². The molecular weight excluding hydrogens is 312 g/mol. The molecule has 3 rings (SSSR count). The molecule has 1 aliphatic heterocycles. The minimum atomic E-state index is 0.236. The Hall–Kier alpha value is -2.93. The molecule has 0 aromatic heterocycles. The summed E-state index contributed by atoms with van der Waals surface area (Å²) in [7, 11) is 0. The lowest BCUT2D eigenvalue weighted by atomic mass is 10.1. The largest absolute Gasteiger partial charge is 0.513 e. The second kappa shape index (κ2) is 7.31. The normalized spacial score (nSPS) is 16.5. The van der Waals surface area contributed by atoms with Gasteiger partial charge in [-0.1, -0.05) is 18.7 Å². The van der Waals surface area contributed by atoms with E-state index < -0.39 is 0 Å². The lowest BCUT2D eigenvalue weighted by Gasteiger charge is -2.27. The van der Waals surface area contributed by atoms with Gasteiger partial charge in [0.2, 0.25) is 0 Å². The summed E-state index contributed by atoms with van der Waals surface area (Å²) in [5.41, 5.74) is 2.64. The highest BCUT2D eigenvalue weighted by Crippen LogP contribution is 2.33. The minimum absolute atomic E-state index is 0.236. The Bertz CT molecular complexity index is 823. The van der Waals surface area contributed by atoms with Crippen molar-refractivity contribution in [2.24, 2.45) is 0 Å². The number of hydrogen-bond donors (Lipinski definition) is 1. The zero-order chi connectivity index (χ0) is 17.8. The molecule has 25 heavy (non-hydrogen) atoms. The van der Waals surface area contributed by atoms with Gasteiger partial charge < -0.3 is 14.7 Å². The molecule has 0 bridgehead atoms. The smallest absolute Gasteiger partial charge is 0.190 e. The zero-order valence-electron chi connectivity index (χ0n) is 14.4. The van der Waals surface area contributed by atoms with E-state index in [1.54, 1.807) is 6.07 Å². The summed E-state index contributed by atoms with van der Waals surface area (Å²) in [5, 5.41) is 9.53. The van der Waals surface area contributed by atoms with Gasteiger partial charge in [-0.3, -0.25) is 0 Å². The van der Waals surface area contributed by atoms with Gasteiger partial charge in [0.1, 0.15) is 11.5 Å². The number of ether oxygens (including phenoxy) is 1. The van der Waals surface area contributed by atoms with E-state index in [9.17, 15) is 5.11 Å². The van der Waals surface area contributed by atoms with Crippen LogP contribution in [-0.4, -0.2) is 17.7 Å². The van der Waals surface area contributed by atoms with Crippen LogP contribution in [0.4, 0.5) is 11.4 Å². The third kappa shape index (κ3) is 3.95. The summed E-state index contributed by atoms with van der Waals surface area (Å²) in [6.07, 6.45) is 2.77. The van der Waals surface area contributed by atoms with Crippen molar-refractivity contribution in [2.45, 2.75) is 32.2 Å². The Labute approximate surface area is 148 Å². The molecule has 2 aromatic rings. The number of nitrogens with zero attached hydrogens (tertiary/aromatic N) is 2. The summed E-state index contributed by atoms with van der Waals surface area (Å²) < 4.78 is 5.98. The minimum Gasteiger partial charge on any atom is -0.513 e. The Kier molecular flexibility index (Phi) is 4.95. The molecule has 1 saturated heterocycles. The van der Waals surface area contributed by atoms with Gasteiger partial charge in [-0.2, -0.15) is 0 Å². The van der Waals surface area contributed by atoms with Crippen LogP contribution in [0.15, 0.2) is 54.8 Å². The molecule has 4 nitrogen and oxygen atoms in total. The molecule has 1 heterocycles. The summed E-state index contributed by atoms with van der Waals surface area (Å²) in [6, 6.07) is 13.8. The topological polar surface area (TPSA) is 37.1 Å². The molecule has 1 unspecified atom stereocenters. The highest BCUT2D eigenvalue weighted by molar-refractivity contribution is 5.56. The Morgan fingerprint density at radius 1 is 1.32 bits per heavy atom. The van der Waals surface area contributed by atoms with Gasteiger partial charge in [-0.05, 0) is 49.6 Å². The van der Waals surface area contributed by atoms with Crippen LogP contribution < -0.4 is 9.64 Å². The molecule has 128 valence electrons.